The van der Waals surface area contributed by atoms with E-state index in [-0.39, 0.29) is 18.2 Å². The van der Waals surface area contributed by atoms with Gasteiger partial charge in [-0.05, 0) is 68.7 Å². The number of likely N-dealkylation sites (tertiary alicyclic amines) is 1. The highest BCUT2D eigenvalue weighted by Crippen LogP contribution is 2.37. The number of rotatable bonds is 7. The molecule has 0 spiro atoms. The van der Waals surface area contributed by atoms with Crippen LogP contribution in [-0.4, -0.2) is 42.2 Å². The lowest BCUT2D eigenvalue weighted by molar-refractivity contribution is -0.275. The summed E-state index contributed by atoms with van der Waals surface area (Å²) < 4.78 is 84.8. The number of hydrogen-bond donors (Lipinski definition) is 0. The van der Waals surface area contributed by atoms with Crippen LogP contribution in [0.2, 0.25) is 0 Å². The molecule has 3 aromatic carbocycles. The number of halogens is 6. The van der Waals surface area contributed by atoms with Crippen molar-refractivity contribution in [2.75, 3.05) is 18.0 Å². The van der Waals surface area contributed by atoms with Crippen LogP contribution in [0.25, 0.3) is 0 Å². The number of carbonyl (C=O) groups excluding carboxylic acids is 1. The van der Waals surface area contributed by atoms with Crippen molar-refractivity contribution in [1.82, 2.24) is 4.90 Å². The Hall–Kier alpha value is -3.73. The van der Waals surface area contributed by atoms with Crippen LogP contribution in [0.5, 0.6) is 11.5 Å². The molecule has 1 aliphatic rings. The van der Waals surface area contributed by atoms with Crippen molar-refractivity contribution < 1.29 is 40.6 Å². The van der Waals surface area contributed by atoms with Gasteiger partial charge in [0.25, 0.3) is 5.91 Å². The summed E-state index contributed by atoms with van der Waals surface area (Å²) in [5.74, 6) is -0.970. The van der Waals surface area contributed by atoms with Gasteiger partial charge in [0, 0.05) is 42.0 Å². The summed E-state index contributed by atoms with van der Waals surface area (Å²) in [6.45, 7) is 4.85. The van der Waals surface area contributed by atoms with Crippen LogP contribution < -0.4 is 14.4 Å². The number of benzene rings is 3. The molecule has 40 heavy (non-hydrogen) atoms. The number of carbonyl (C=O) groups is 1. The number of amides is 1. The van der Waals surface area contributed by atoms with Gasteiger partial charge in [0.1, 0.15) is 11.5 Å². The van der Waals surface area contributed by atoms with Crippen LogP contribution in [0, 0.1) is 6.92 Å². The van der Waals surface area contributed by atoms with Gasteiger partial charge in [-0.1, -0.05) is 36.4 Å². The van der Waals surface area contributed by atoms with Gasteiger partial charge >= 0.3 is 12.7 Å². The molecule has 0 aliphatic carbocycles. The predicted molar refractivity (Wildman–Crippen MR) is 137 cm³/mol. The van der Waals surface area contributed by atoms with Crippen molar-refractivity contribution in [2.24, 2.45) is 0 Å². The molecule has 1 fully saturated rings. The lowest BCUT2D eigenvalue weighted by Gasteiger charge is -2.47. The van der Waals surface area contributed by atoms with Crippen molar-refractivity contribution in [3.8, 4) is 11.5 Å². The Morgan fingerprint density at radius 3 is 2.02 bits per heavy atom. The molecule has 1 aliphatic heterocycles. The van der Waals surface area contributed by atoms with Crippen LogP contribution in [0.15, 0.2) is 72.8 Å². The van der Waals surface area contributed by atoms with Crippen LogP contribution >= 0.6 is 0 Å². The third kappa shape index (κ3) is 7.26. The van der Waals surface area contributed by atoms with Crippen molar-refractivity contribution in [2.45, 2.75) is 51.5 Å². The monoisotopic (exact) mass is 566 g/mol. The van der Waals surface area contributed by atoms with Crippen LogP contribution in [-0.2, 0) is 6.54 Å². The van der Waals surface area contributed by atoms with Crippen LogP contribution in [0.3, 0.4) is 0 Å². The molecule has 0 atom stereocenters. The normalized spacial score (nSPS) is 15.9. The smallest absolute Gasteiger partial charge is 0.406 e. The molecule has 0 N–H and O–H groups in total. The molecule has 5 nitrogen and oxygen atoms in total. The number of anilines is 1. The quantitative estimate of drug-likeness (QED) is 0.278. The van der Waals surface area contributed by atoms with E-state index < -0.39 is 24.0 Å². The minimum Gasteiger partial charge on any atom is -0.406 e. The summed E-state index contributed by atoms with van der Waals surface area (Å²) in [5, 5.41) is 0. The Morgan fingerprint density at radius 1 is 0.850 bits per heavy atom. The average Bonchev–Trinajstić information content (AvgIpc) is 2.86. The van der Waals surface area contributed by atoms with Crippen molar-refractivity contribution in [3.05, 3.63) is 89.5 Å². The second-order valence-corrected chi connectivity index (χ2v) is 9.93. The number of hydrogen-bond acceptors (Lipinski definition) is 4. The highest BCUT2D eigenvalue weighted by Gasteiger charge is 2.41. The molecule has 3 aromatic rings. The second kappa shape index (κ2) is 11.4. The first-order chi connectivity index (χ1) is 18.7. The molecule has 1 amide bonds. The SMILES string of the molecule is Cc1ccccc1C(=O)N(c1ccc(OC(F)(F)F)cc1)C1(C)CCN(Cc2ccccc2OC(F)(F)F)CC1. The fraction of sp³-hybridized carbons (Fsp3) is 0.345. The number of nitrogens with zero attached hydrogens (tertiary/aromatic N) is 2. The Labute approximate surface area is 227 Å². The largest absolute Gasteiger partial charge is 0.573 e. The van der Waals surface area contributed by atoms with E-state index in [9.17, 15) is 31.1 Å². The lowest BCUT2D eigenvalue weighted by Crippen LogP contribution is -2.56. The second-order valence-electron chi connectivity index (χ2n) is 9.93. The molecule has 4 rings (SSSR count). The van der Waals surface area contributed by atoms with E-state index >= 15 is 0 Å². The third-order valence-corrected chi connectivity index (χ3v) is 6.97. The van der Waals surface area contributed by atoms with Crippen LogP contribution in [0.1, 0.15) is 41.3 Å². The summed E-state index contributed by atoms with van der Waals surface area (Å²) in [5.41, 5.74) is 1.26. The summed E-state index contributed by atoms with van der Waals surface area (Å²) in [6, 6.07) is 18.2. The molecule has 1 heterocycles. The van der Waals surface area contributed by atoms with Gasteiger partial charge in [-0.25, -0.2) is 0 Å². The van der Waals surface area contributed by atoms with Gasteiger partial charge in [-0.2, -0.15) is 0 Å². The molecular weight excluding hydrogens is 538 g/mol. The zero-order valence-corrected chi connectivity index (χ0v) is 21.9. The van der Waals surface area contributed by atoms with E-state index in [1.807, 2.05) is 11.8 Å². The third-order valence-electron chi connectivity index (χ3n) is 6.97. The first-order valence-electron chi connectivity index (χ1n) is 12.6. The van der Waals surface area contributed by atoms with Gasteiger partial charge < -0.3 is 14.4 Å². The highest BCUT2D eigenvalue weighted by atomic mass is 19.4. The number of para-hydroxylation sites is 1. The lowest BCUT2D eigenvalue weighted by atomic mass is 9.86. The first kappa shape index (κ1) is 29.3. The average molecular weight is 567 g/mol. The highest BCUT2D eigenvalue weighted by molar-refractivity contribution is 6.08. The Bertz CT molecular complexity index is 1320. The molecule has 1 saturated heterocycles. The van der Waals surface area contributed by atoms with Gasteiger partial charge in [0.15, 0.2) is 0 Å². The van der Waals surface area contributed by atoms with E-state index in [2.05, 4.69) is 9.47 Å². The maximum Gasteiger partial charge on any atom is 0.573 e. The number of alkyl halides is 6. The van der Waals surface area contributed by atoms with Crippen molar-refractivity contribution in [3.63, 3.8) is 0 Å². The Morgan fingerprint density at radius 2 is 1.43 bits per heavy atom. The molecule has 0 radical (unpaired) electrons. The molecule has 11 heteroatoms. The maximum atomic E-state index is 13.9. The van der Waals surface area contributed by atoms with Crippen molar-refractivity contribution in [1.29, 1.82) is 0 Å². The molecule has 0 saturated carbocycles. The van der Waals surface area contributed by atoms with Gasteiger partial charge in [0.2, 0.25) is 0 Å². The molecule has 0 unspecified atom stereocenters. The van der Waals surface area contributed by atoms with Gasteiger partial charge in [-0.15, -0.1) is 26.3 Å². The first-order valence-corrected chi connectivity index (χ1v) is 12.6. The molecule has 214 valence electrons. The van der Waals surface area contributed by atoms with E-state index in [0.29, 0.717) is 42.7 Å². The van der Waals surface area contributed by atoms with Gasteiger partial charge in [-0.3, -0.25) is 9.69 Å². The summed E-state index contributed by atoms with van der Waals surface area (Å²) >= 11 is 0. The summed E-state index contributed by atoms with van der Waals surface area (Å²) in [7, 11) is 0. The minimum absolute atomic E-state index is 0.220. The van der Waals surface area contributed by atoms with E-state index in [4.69, 9.17) is 0 Å². The maximum absolute atomic E-state index is 13.9. The zero-order chi connectivity index (χ0) is 29.1. The minimum atomic E-state index is -4.85. The van der Waals surface area contributed by atoms with Crippen LogP contribution in [0.4, 0.5) is 32.0 Å². The van der Waals surface area contributed by atoms with E-state index in [1.165, 1.54) is 24.3 Å². The Balaban J connectivity index is 1.58. The molecule has 0 aromatic heterocycles. The topological polar surface area (TPSA) is 42.0 Å². The zero-order valence-electron chi connectivity index (χ0n) is 21.9. The number of aryl methyl sites for hydroxylation is 1. The standard InChI is InChI=1S/C29H28F6N2O3/c1-20-7-3-5-9-24(20)26(38)37(22-11-13-23(14-12-22)39-28(30,31)32)27(2)15-17-36(18-16-27)19-21-8-4-6-10-25(21)40-29(33,34)35/h3-14H,15-19H2,1-2H3. The van der Waals surface area contributed by atoms with Gasteiger partial charge in [0.05, 0.1) is 0 Å². The Kier molecular flexibility index (Phi) is 8.34. The van der Waals surface area contributed by atoms with E-state index in [1.54, 1.807) is 48.2 Å². The van der Waals surface area contributed by atoms with Crippen molar-refractivity contribution >= 4 is 11.6 Å². The number of ether oxygens (including phenoxy) is 2. The molecule has 0 bridgehead atoms. The molecular formula is C29H28F6N2O3. The number of piperidine rings is 1. The summed E-state index contributed by atoms with van der Waals surface area (Å²) in [4.78, 5) is 17.5. The fourth-order valence-corrected chi connectivity index (χ4v) is 4.92. The van der Waals surface area contributed by atoms with E-state index in [0.717, 1.165) is 17.7 Å². The summed E-state index contributed by atoms with van der Waals surface area (Å²) in [6.07, 6.45) is -8.73. The predicted octanol–water partition coefficient (Wildman–Crippen LogP) is 7.49. The fourth-order valence-electron chi connectivity index (χ4n) is 4.92.